The number of rotatable bonds is 3. The molecule has 0 amide bonds. The summed E-state index contributed by atoms with van der Waals surface area (Å²) < 4.78 is 0. The fourth-order valence-corrected chi connectivity index (χ4v) is 3.78. The Morgan fingerprint density at radius 2 is 1.60 bits per heavy atom. The van der Waals surface area contributed by atoms with E-state index >= 15 is 0 Å². The van der Waals surface area contributed by atoms with Crippen LogP contribution in [0.3, 0.4) is 0 Å². The van der Waals surface area contributed by atoms with Crippen LogP contribution in [0, 0.1) is 0 Å². The van der Waals surface area contributed by atoms with E-state index in [9.17, 15) is 0 Å². The van der Waals surface area contributed by atoms with Crippen molar-refractivity contribution in [1.82, 2.24) is 0 Å². The van der Waals surface area contributed by atoms with Crippen LogP contribution in [0.5, 0.6) is 0 Å². The van der Waals surface area contributed by atoms with E-state index in [0.717, 1.165) is 6.54 Å². The van der Waals surface area contributed by atoms with Gasteiger partial charge < -0.3 is 28.9 Å². The maximum Gasteiger partial charge on any atom is 2.00 e. The Hall–Kier alpha value is 0.126. The quantitative estimate of drug-likeness (QED) is 0.353. The molecule has 2 rings (SSSR count). The van der Waals surface area contributed by atoms with Crippen LogP contribution < -0.4 is 34.1 Å². The fraction of sp³-hybridized carbons (Fsp3) is 0.375. The second-order valence-corrected chi connectivity index (χ2v) is 11.1. The average Bonchev–Trinajstić information content (AvgIpc) is 2.86. The summed E-state index contributed by atoms with van der Waals surface area (Å²) >= 11 is 0. The molecule has 0 aliphatic carbocycles. The number of hydrogen-bond acceptors (Lipinski definition) is 0. The molecule has 2 aromatic carbocycles. The number of nitrogens with one attached hydrogen (secondary N) is 1. The number of halogens is 1. The Morgan fingerprint density at radius 1 is 1.05 bits per heavy atom. The molecule has 1 N–H and O–H groups in total. The summed E-state index contributed by atoms with van der Waals surface area (Å²) in [5.74, 6) is 0. The van der Waals surface area contributed by atoms with E-state index in [0.29, 0.717) is 0 Å². The predicted molar refractivity (Wildman–Crippen MR) is 83.6 cm³/mol. The first-order chi connectivity index (χ1) is 8.41. The van der Waals surface area contributed by atoms with Gasteiger partial charge in [0.2, 0.25) is 0 Å². The molecule has 4 heteroatoms. The summed E-state index contributed by atoms with van der Waals surface area (Å²) in [5.41, 5.74) is 1.55. The molecule has 0 aliphatic rings. The largest absolute Gasteiger partial charge is 2.00 e. The van der Waals surface area contributed by atoms with Gasteiger partial charge in [0, 0.05) is 6.54 Å². The summed E-state index contributed by atoms with van der Waals surface area (Å²) in [6.45, 7) is 8.40. The zero-order valence-corrected chi connectivity index (χ0v) is 17.3. The maximum atomic E-state index is 2.41. The molecule has 0 atom stereocenters. The van der Waals surface area contributed by atoms with Gasteiger partial charge in [0.05, 0.1) is 22.2 Å². The molecule has 0 spiro atoms. The van der Waals surface area contributed by atoms with E-state index in [4.69, 9.17) is 0 Å². The van der Waals surface area contributed by atoms with Gasteiger partial charge in [-0.2, -0.15) is 35.5 Å². The normalized spacial score (nSPS) is 10.1. The molecule has 0 saturated carbocycles. The van der Waals surface area contributed by atoms with Crippen molar-refractivity contribution in [2.45, 2.75) is 26.2 Å². The Labute approximate surface area is 153 Å². The Bertz CT molecular complexity index is 412. The van der Waals surface area contributed by atoms with Crippen molar-refractivity contribution in [2.75, 3.05) is 14.1 Å². The summed E-state index contributed by atoms with van der Waals surface area (Å²) in [6.07, 6.45) is 0. The monoisotopic (exact) mass is 443 g/mol. The average molecular weight is 443 g/mol. The van der Waals surface area contributed by atoms with Crippen molar-refractivity contribution < 1.29 is 45.9 Å². The van der Waals surface area contributed by atoms with E-state index in [1.165, 1.54) is 4.90 Å². The van der Waals surface area contributed by atoms with Crippen molar-refractivity contribution in [3.05, 3.63) is 54.1 Å². The third-order valence-corrected chi connectivity index (χ3v) is 4.92. The zero-order chi connectivity index (χ0) is 13.6. The first kappa shape index (κ1) is 22.4. The van der Waals surface area contributed by atoms with Crippen LogP contribution in [0.2, 0.25) is 19.6 Å². The van der Waals surface area contributed by atoms with E-state index in [1.807, 2.05) is 30.3 Å². The standard InChI is InChI=1S/C11H20NSi.C5H5.Fe.HI/c1-12(2)9-10-7-6-8-11(10)13(3,4)5;1-2-4-5-3-1;;/h6-8H,9H2,1-5H3;1-5H;;1H/q2*-1;+2;. The minimum Gasteiger partial charge on any atom is -1.00 e. The molecule has 2 aromatic rings. The minimum absolute atomic E-state index is 0. The molecular formula is C16H26FeINSi. The van der Waals surface area contributed by atoms with Gasteiger partial charge in [-0.15, -0.1) is 5.56 Å². The Balaban J connectivity index is 0. The molecule has 20 heavy (non-hydrogen) atoms. The molecule has 0 aliphatic heterocycles. The van der Waals surface area contributed by atoms with Gasteiger partial charge in [0.25, 0.3) is 0 Å². The number of hydrogen-bond donors (Lipinski definition) is 1. The van der Waals surface area contributed by atoms with Crippen LogP contribution in [0.1, 0.15) is 5.56 Å². The van der Waals surface area contributed by atoms with Crippen molar-refractivity contribution >= 4 is 13.3 Å². The first-order valence-corrected chi connectivity index (χ1v) is 10.1. The predicted octanol–water partition coefficient (Wildman–Crippen LogP) is -0.998. The molecule has 0 radical (unpaired) electrons. The molecule has 0 heterocycles. The Kier molecular flexibility index (Phi) is 12.1. The molecular weight excluding hydrogens is 417 g/mol. The van der Waals surface area contributed by atoms with E-state index in [2.05, 4.69) is 51.9 Å². The van der Waals surface area contributed by atoms with Gasteiger partial charge in [-0.25, -0.2) is 18.2 Å². The third-order valence-electron chi connectivity index (χ3n) is 2.81. The van der Waals surface area contributed by atoms with Crippen LogP contribution in [0.4, 0.5) is 0 Å². The summed E-state index contributed by atoms with van der Waals surface area (Å²) in [6, 6.07) is 16.8. The molecule has 0 saturated heterocycles. The maximum absolute atomic E-state index is 2.41. The van der Waals surface area contributed by atoms with Gasteiger partial charge >= 0.3 is 17.1 Å². The smallest absolute Gasteiger partial charge is 1.00 e. The molecule has 0 bridgehead atoms. The SMILES string of the molecule is C[NH+](C)Cc1cc[cH-]c1[Si](C)(C)C.[Fe+2].[I-].c1cc[cH-]c1. The van der Waals surface area contributed by atoms with Crippen molar-refractivity contribution in [2.24, 2.45) is 0 Å². The van der Waals surface area contributed by atoms with E-state index < -0.39 is 8.07 Å². The number of quaternary nitrogens is 1. The first-order valence-electron chi connectivity index (χ1n) is 6.62. The van der Waals surface area contributed by atoms with Crippen LogP contribution >= 0.6 is 0 Å². The van der Waals surface area contributed by atoms with Gasteiger partial charge in [-0.05, 0) is 0 Å². The summed E-state index contributed by atoms with van der Waals surface area (Å²) in [4.78, 5) is 1.51. The topological polar surface area (TPSA) is 4.44 Å². The van der Waals surface area contributed by atoms with Crippen molar-refractivity contribution in [3.8, 4) is 0 Å². The van der Waals surface area contributed by atoms with Gasteiger partial charge in [0.1, 0.15) is 0 Å². The summed E-state index contributed by atoms with van der Waals surface area (Å²) in [5, 5.41) is 1.63. The molecule has 0 aromatic heterocycles. The van der Waals surface area contributed by atoms with Crippen LogP contribution in [0.15, 0.2) is 48.5 Å². The van der Waals surface area contributed by atoms with Crippen LogP contribution in [-0.4, -0.2) is 22.2 Å². The minimum atomic E-state index is -1.11. The van der Waals surface area contributed by atoms with Crippen LogP contribution in [-0.2, 0) is 23.6 Å². The van der Waals surface area contributed by atoms with Crippen LogP contribution in [0.25, 0.3) is 0 Å². The van der Waals surface area contributed by atoms with E-state index in [1.54, 1.807) is 10.8 Å². The molecule has 114 valence electrons. The molecule has 1 nitrogen and oxygen atoms in total. The zero-order valence-electron chi connectivity index (χ0n) is 13.1. The van der Waals surface area contributed by atoms with Gasteiger partial charge in [-0.3, -0.25) is 0 Å². The van der Waals surface area contributed by atoms with Crippen molar-refractivity contribution in [1.29, 1.82) is 0 Å². The fourth-order valence-electron chi connectivity index (χ4n) is 2.04. The van der Waals surface area contributed by atoms with Crippen molar-refractivity contribution in [3.63, 3.8) is 0 Å². The molecule has 0 unspecified atom stereocenters. The summed E-state index contributed by atoms with van der Waals surface area (Å²) in [7, 11) is 3.31. The second kappa shape index (κ2) is 10.8. The second-order valence-electron chi connectivity index (χ2n) is 6.06. The van der Waals surface area contributed by atoms with E-state index in [-0.39, 0.29) is 41.0 Å². The molecule has 0 fully saturated rings. The van der Waals surface area contributed by atoms with Gasteiger partial charge in [0.15, 0.2) is 0 Å². The third kappa shape index (κ3) is 8.42. The van der Waals surface area contributed by atoms with Gasteiger partial charge in [-0.1, -0.05) is 19.6 Å². The Morgan fingerprint density at radius 3 is 1.95 bits per heavy atom.